The molecule has 0 saturated carbocycles. The molecule has 0 spiro atoms. The summed E-state index contributed by atoms with van der Waals surface area (Å²) in [5.41, 5.74) is 7.73. The van der Waals surface area contributed by atoms with E-state index in [9.17, 15) is 4.79 Å². The van der Waals surface area contributed by atoms with E-state index in [2.05, 4.69) is 17.1 Å². The van der Waals surface area contributed by atoms with Crippen molar-refractivity contribution in [2.75, 3.05) is 25.5 Å². The molecular formula is C16H25N3O2. The van der Waals surface area contributed by atoms with Gasteiger partial charge in [-0.1, -0.05) is 12.1 Å². The third-order valence-corrected chi connectivity index (χ3v) is 3.79. The Morgan fingerprint density at radius 1 is 1.43 bits per heavy atom. The van der Waals surface area contributed by atoms with Crippen LogP contribution < -0.4 is 11.1 Å². The summed E-state index contributed by atoms with van der Waals surface area (Å²) in [7, 11) is 0. The second kappa shape index (κ2) is 6.91. The van der Waals surface area contributed by atoms with Crippen molar-refractivity contribution >= 4 is 11.6 Å². The number of carbonyl (C=O) groups excluding carboxylic acids is 1. The quantitative estimate of drug-likeness (QED) is 0.826. The van der Waals surface area contributed by atoms with E-state index in [1.807, 2.05) is 38.1 Å². The highest BCUT2D eigenvalue weighted by Gasteiger charge is 2.33. The molecule has 2 rings (SSSR count). The lowest BCUT2D eigenvalue weighted by molar-refractivity contribution is -0.135. The Balaban J connectivity index is 2.16. The van der Waals surface area contributed by atoms with E-state index in [1.54, 1.807) is 0 Å². The molecule has 1 aromatic rings. The lowest BCUT2D eigenvalue weighted by Gasteiger charge is -2.39. The molecule has 2 unspecified atom stereocenters. The predicted octanol–water partition coefficient (Wildman–Crippen LogP) is 1.56. The van der Waals surface area contributed by atoms with Crippen LogP contribution in [0, 0.1) is 0 Å². The first kappa shape index (κ1) is 15.8. The number of nitrogen functional groups attached to an aromatic ring is 1. The molecule has 0 aromatic heterocycles. The number of ether oxygens (including phenoxy) is 1. The zero-order chi connectivity index (χ0) is 15.4. The molecule has 1 heterocycles. The number of nitrogens with zero attached hydrogens (tertiary/aromatic N) is 1. The van der Waals surface area contributed by atoms with Gasteiger partial charge < -0.3 is 15.8 Å². The van der Waals surface area contributed by atoms with Crippen molar-refractivity contribution in [2.24, 2.45) is 0 Å². The second-order valence-corrected chi connectivity index (χ2v) is 5.84. The molecule has 1 aromatic carbocycles. The summed E-state index contributed by atoms with van der Waals surface area (Å²) < 4.78 is 5.50. The number of nitrogens with one attached hydrogen (secondary N) is 1. The third-order valence-electron chi connectivity index (χ3n) is 3.79. The van der Waals surface area contributed by atoms with Gasteiger partial charge in [0.15, 0.2) is 0 Å². The van der Waals surface area contributed by atoms with Crippen LogP contribution in [-0.4, -0.2) is 42.6 Å². The highest BCUT2D eigenvalue weighted by molar-refractivity contribution is 5.82. The Hall–Kier alpha value is -1.59. The van der Waals surface area contributed by atoms with Crippen LogP contribution in [0.25, 0.3) is 0 Å². The molecule has 0 aliphatic carbocycles. The average molecular weight is 291 g/mol. The first-order chi connectivity index (χ1) is 9.99. The normalized spacial score (nSPS) is 21.2. The Kier molecular flexibility index (Phi) is 5.20. The number of hydrogen-bond acceptors (Lipinski definition) is 4. The van der Waals surface area contributed by atoms with Crippen molar-refractivity contribution in [3.05, 3.63) is 29.8 Å². The van der Waals surface area contributed by atoms with Crippen LogP contribution in [-0.2, 0) is 9.53 Å². The van der Waals surface area contributed by atoms with Gasteiger partial charge >= 0.3 is 0 Å². The number of morpholine rings is 1. The lowest BCUT2D eigenvalue weighted by Crippen LogP contribution is -2.55. The van der Waals surface area contributed by atoms with Crippen LogP contribution in [0.4, 0.5) is 5.69 Å². The van der Waals surface area contributed by atoms with Gasteiger partial charge in [-0.25, -0.2) is 0 Å². The average Bonchev–Trinajstić information content (AvgIpc) is 2.46. The van der Waals surface area contributed by atoms with Crippen molar-refractivity contribution < 1.29 is 9.53 Å². The minimum atomic E-state index is -0.252. The van der Waals surface area contributed by atoms with Gasteiger partial charge in [-0.2, -0.15) is 0 Å². The van der Waals surface area contributed by atoms with Crippen molar-refractivity contribution in [1.29, 1.82) is 0 Å². The van der Waals surface area contributed by atoms with E-state index >= 15 is 0 Å². The largest absolute Gasteiger partial charge is 0.399 e. The molecule has 5 nitrogen and oxygen atoms in total. The zero-order valence-corrected chi connectivity index (χ0v) is 13.0. The van der Waals surface area contributed by atoms with Gasteiger partial charge in [-0.05, 0) is 38.5 Å². The maximum absolute atomic E-state index is 12.4. The zero-order valence-electron chi connectivity index (χ0n) is 13.0. The number of benzene rings is 1. The summed E-state index contributed by atoms with van der Waals surface area (Å²) in [5.74, 6) is 0.0282. The summed E-state index contributed by atoms with van der Waals surface area (Å²) in [6.45, 7) is 7.87. The number of anilines is 1. The molecule has 1 amide bonds. The lowest BCUT2D eigenvalue weighted by atomic mass is 10.0. The fourth-order valence-electron chi connectivity index (χ4n) is 2.70. The van der Waals surface area contributed by atoms with Crippen LogP contribution >= 0.6 is 0 Å². The summed E-state index contributed by atoms with van der Waals surface area (Å²) in [6, 6.07) is 7.84. The van der Waals surface area contributed by atoms with Gasteiger partial charge in [0.25, 0.3) is 0 Å². The Bertz CT molecular complexity index is 490. The highest BCUT2D eigenvalue weighted by Crippen LogP contribution is 2.25. The first-order valence-electron chi connectivity index (χ1n) is 7.48. The molecular weight excluding hydrogens is 266 g/mol. The summed E-state index contributed by atoms with van der Waals surface area (Å²) in [6.07, 6.45) is 0. The maximum Gasteiger partial charge on any atom is 0.239 e. The van der Waals surface area contributed by atoms with E-state index in [4.69, 9.17) is 10.5 Å². The van der Waals surface area contributed by atoms with Crippen LogP contribution in [0.2, 0.25) is 0 Å². The molecule has 1 aliphatic rings. The molecule has 1 fully saturated rings. The molecule has 3 N–H and O–H groups in total. The predicted molar refractivity (Wildman–Crippen MR) is 83.9 cm³/mol. The van der Waals surface area contributed by atoms with E-state index in [-0.39, 0.29) is 24.0 Å². The molecule has 2 atom stereocenters. The molecule has 116 valence electrons. The number of nitrogens with two attached hydrogens (primary N) is 1. The minimum Gasteiger partial charge on any atom is -0.399 e. The number of rotatable bonds is 4. The number of amides is 1. The third kappa shape index (κ3) is 3.95. The Morgan fingerprint density at radius 3 is 2.86 bits per heavy atom. The number of hydrogen-bond donors (Lipinski definition) is 2. The van der Waals surface area contributed by atoms with Crippen LogP contribution in [0.15, 0.2) is 24.3 Å². The van der Waals surface area contributed by atoms with E-state index < -0.39 is 0 Å². The highest BCUT2D eigenvalue weighted by atomic mass is 16.5. The molecule has 21 heavy (non-hydrogen) atoms. The summed E-state index contributed by atoms with van der Waals surface area (Å²) in [5, 5.41) is 2.97. The van der Waals surface area contributed by atoms with Crippen LogP contribution in [0.1, 0.15) is 32.4 Å². The summed E-state index contributed by atoms with van der Waals surface area (Å²) in [4.78, 5) is 14.6. The Morgan fingerprint density at radius 2 is 2.19 bits per heavy atom. The topological polar surface area (TPSA) is 67.6 Å². The van der Waals surface area contributed by atoms with Gasteiger partial charge in [0, 0.05) is 24.3 Å². The minimum absolute atomic E-state index is 0.0282. The number of carbonyl (C=O) groups is 1. The van der Waals surface area contributed by atoms with Crippen molar-refractivity contribution in [3.63, 3.8) is 0 Å². The second-order valence-electron chi connectivity index (χ2n) is 5.84. The van der Waals surface area contributed by atoms with Crippen LogP contribution in [0.3, 0.4) is 0 Å². The molecule has 5 heteroatoms. The fraction of sp³-hybridized carbons (Fsp3) is 0.562. The standard InChI is InChI=1S/C16H25N3O2/c1-11(2)18-16(20)15-10-21-8-7-19(15)12(3)13-5-4-6-14(17)9-13/h4-6,9,11-12,15H,7-8,10,17H2,1-3H3,(H,18,20). The van der Waals surface area contributed by atoms with Gasteiger partial charge in [0.2, 0.25) is 5.91 Å². The van der Waals surface area contributed by atoms with Crippen molar-refractivity contribution in [1.82, 2.24) is 10.2 Å². The smallest absolute Gasteiger partial charge is 0.239 e. The van der Waals surface area contributed by atoms with Crippen LogP contribution in [0.5, 0.6) is 0 Å². The molecule has 0 radical (unpaired) electrons. The Labute approximate surface area is 126 Å². The van der Waals surface area contributed by atoms with E-state index in [0.29, 0.717) is 13.2 Å². The first-order valence-corrected chi connectivity index (χ1v) is 7.48. The van der Waals surface area contributed by atoms with Gasteiger partial charge in [0.1, 0.15) is 6.04 Å². The maximum atomic E-state index is 12.4. The molecule has 0 bridgehead atoms. The van der Waals surface area contributed by atoms with E-state index in [0.717, 1.165) is 17.8 Å². The molecule has 1 aliphatic heterocycles. The van der Waals surface area contributed by atoms with E-state index in [1.165, 1.54) is 0 Å². The van der Waals surface area contributed by atoms with Gasteiger partial charge in [-0.3, -0.25) is 9.69 Å². The van der Waals surface area contributed by atoms with Crippen molar-refractivity contribution in [3.8, 4) is 0 Å². The SMILES string of the molecule is CC(C)NC(=O)C1COCCN1C(C)c1cccc(N)c1. The van der Waals surface area contributed by atoms with Gasteiger partial charge in [-0.15, -0.1) is 0 Å². The molecule has 1 saturated heterocycles. The summed E-state index contributed by atoms with van der Waals surface area (Å²) >= 11 is 0. The monoisotopic (exact) mass is 291 g/mol. The van der Waals surface area contributed by atoms with Gasteiger partial charge in [0.05, 0.1) is 13.2 Å². The van der Waals surface area contributed by atoms with Crippen molar-refractivity contribution in [2.45, 2.75) is 38.9 Å². The fourth-order valence-corrected chi connectivity index (χ4v) is 2.70.